The molecule has 0 saturated carbocycles. The molecule has 7 nitrogen and oxygen atoms in total. The fourth-order valence-electron chi connectivity index (χ4n) is 2.33. The summed E-state index contributed by atoms with van der Waals surface area (Å²) in [5.74, 6) is -0.437. The zero-order valence-electron chi connectivity index (χ0n) is 12.7. The van der Waals surface area contributed by atoms with Crippen molar-refractivity contribution in [1.82, 2.24) is 10.6 Å². The molecule has 1 unspecified atom stereocenters. The smallest absolute Gasteiger partial charge is 0.322 e. The van der Waals surface area contributed by atoms with Gasteiger partial charge in [0, 0.05) is 5.69 Å². The summed E-state index contributed by atoms with van der Waals surface area (Å²) >= 11 is 0. The molecule has 8 heteroatoms. The van der Waals surface area contributed by atoms with Crippen LogP contribution in [0.15, 0.2) is 53.4 Å². The van der Waals surface area contributed by atoms with E-state index in [1.807, 2.05) is 6.92 Å². The van der Waals surface area contributed by atoms with Gasteiger partial charge in [0.2, 0.25) is 0 Å². The largest absolute Gasteiger partial charge is 0.322 e. The first-order chi connectivity index (χ1) is 11.3. The summed E-state index contributed by atoms with van der Waals surface area (Å²) in [4.78, 5) is 22.9. The quantitative estimate of drug-likeness (QED) is 0.733. The van der Waals surface area contributed by atoms with Crippen LogP contribution in [0, 0.1) is 6.92 Å². The first kappa shape index (κ1) is 16.0. The lowest BCUT2D eigenvalue weighted by atomic mass is 10.1. The monoisotopic (exact) mass is 345 g/mol. The Morgan fingerprint density at radius 3 is 2.12 bits per heavy atom. The van der Waals surface area contributed by atoms with Crippen molar-refractivity contribution in [3.63, 3.8) is 0 Å². The molecule has 2 aromatic rings. The highest BCUT2D eigenvalue weighted by atomic mass is 32.2. The molecule has 0 aromatic heterocycles. The zero-order valence-corrected chi connectivity index (χ0v) is 13.6. The molecule has 1 aliphatic rings. The van der Waals surface area contributed by atoms with E-state index in [1.54, 1.807) is 36.4 Å². The predicted octanol–water partition coefficient (Wildman–Crippen LogP) is 1.68. The van der Waals surface area contributed by atoms with E-state index >= 15 is 0 Å². The van der Waals surface area contributed by atoms with Crippen LogP contribution in [0.25, 0.3) is 0 Å². The minimum absolute atomic E-state index is 0.166. The topological polar surface area (TPSA) is 104 Å². The van der Waals surface area contributed by atoms with Crippen LogP contribution >= 0.6 is 0 Å². The number of carbonyl (C=O) groups excluding carboxylic acids is 2. The maximum absolute atomic E-state index is 12.3. The van der Waals surface area contributed by atoms with Crippen LogP contribution in [0.4, 0.5) is 10.5 Å². The highest BCUT2D eigenvalue weighted by molar-refractivity contribution is 7.92. The van der Waals surface area contributed by atoms with Crippen LogP contribution in [0.3, 0.4) is 0 Å². The minimum atomic E-state index is -3.68. The van der Waals surface area contributed by atoms with E-state index in [2.05, 4.69) is 15.4 Å². The fourth-order valence-corrected chi connectivity index (χ4v) is 3.39. The number of benzene rings is 2. The van der Waals surface area contributed by atoms with E-state index < -0.39 is 28.0 Å². The molecule has 1 aliphatic heterocycles. The second-order valence-electron chi connectivity index (χ2n) is 5.44. The molecule has 3 N–H and O–H groups in total. The highest BCUT2D eigenvalue weighted by Crippen LogP contribution is 2.21. The van der Waals surface area contributed by atoms with Gasteiger partial charge < -0.3 is 5.32 Å². The van der Waals surface area contributed by atoms with E-state index in [-0.39, 0.29) is 4.90 Å². The maximum Gasteiger partial charge on any atom is 0.322 e. The van der Waals surface area contributed by atoms with Crippen molar-refractivity contribution < 1.29 is 18.0 Å². The van der Waals surface area contributed by atoms with E-state index in [1.165, 1.54) is 12.1 Å². The predicted molar refractivity (Wildman–Crippen MR) is 87.8 cm³/mol. The Labute approximate surface area is 139 Å². The van der Waals surface area contributed by atoms with Crippen molar-refractivity contribution in [2.45, 2.75) is 17.9 Å². The zero-order chi connectivity index (χ0) is 17.3. The lowest BCUT2D eigenvalue weighted by molar-refractivity contribution is -0.120. The van der Waals surface area contributed by atoms with Gasteiger partial charge in [0.15, 0.2) is 0 Å². The molecule has 1 atom stereocenters. The number of amides is 3. The molecule has 24 heavy (non-hydrogen) atoms. The van der Waals surface area contributed by atoms with Crippen molar-refractivity contribution in [3.05, 3.63) is 59.7 Å². The molecule has 1 saturated heterocycles. The summed E-state index contributed by atoms with van der Waals surface area (Å²) in [5.41, 5.74) is 1.90. The van der Waals surface area contributed by atoms with Gasteiger partial charge in [-0.1, -0.05) is 29.8 Å². The molecular weight excluding hydrogens is 330 g/mol. The SMILES string of the molecule is Cc1ccc(S(=O)(=O)Nc2ccc(C3NC(=O)NC3=O)cc2)cc1. The van der Waals surface area contributed by atoms with Crippen LogP contribution in [-0.4, -0.2) is 20.4 Å². The molecular formula is C16H15N3O4S. The lowest BCUT2D eigenvalue weighted by Gasteiger charge is -2.11. The van der Waals surface area contributed by atoms with E-state index in [0.717, 1.165) is 5.56 Å². The second kappa shape index (κ2) is 5.97. The van der Waals surface area contributed by atoms with E-state index in [4.69, 9.17) is 0 Å². The third-order valence-corrected chi connectivity index (χ3v) is 5.00. The number of sulfonamides is 1. The molecule has 2 aromatic carbocycles. The van der Waals surface area contributed by atoms with Crippen LogP contribution in [0.5, 0.6) is 0 Å². The maximum atomic E-state index is 12.3. The van der Waals surface area contributed by atoms with Crippen molar-refractivity contribution >= 4 is 27.6 Å². The number of rotatable bonds is 4. The number of carbonyl (C=O) groups is 2. The highest BCUT2D eigenvalue weighted by Gasteiger charge is 2.30. The number of hydrogen-bond donors (Lipinski definition) is 3. The molecule has 124 valence electrons. The average Bonchev–Trinajstić information content (AvgIpc) is 2.87. The van der Waals surface area contributed by atoms with E-state index in [0.29, 0.717) is 11.3 Å². The first-order valence-corrected chi connectivity index (χ1v) is 8.64. The molecule has 0 radical (unpaired) electrons. The Kier molecular flexibility index (Phi) is 3.98. The minimum Gasteiger partial charge on any atom is -0.322 e. The average molecular weight is 345 g/mol. The molecule has 3 amide bonds. The fraction of sp³-hybridized carbons (Fsp3) is 0.125. The van der Waals surface area contributed by atoms with Gasteiger partial charge in [0.1, 0.15) is 6.04 Å². The van der Waals surface area contributed by atoms with Crippen LogP contribution in [-0.2, 0) is 14.8 Å². The van der Waals surface area contributed by atoms with Crippen LogP contribution < -0.4 is 15.4 Å². The van der Waals surface area contributed by atoms with Crippen LogP contribution in [0.2, 0.25) is 0 Å². The second-order valence-corrected chi connectivity index (χ2v) is 7.12. The number of aryl methyl sites for hydroxylation is 1. The summed E-state index contributed by atoms with van der Waals surface area (Å²) < 4.78 is 27.1. The first-order valence-electron chi connectivity index (χ1n) is 7.16. The van der Waals surface area contributed by atoms with E-state index in [9.17, 15) is 18.0 Å². The van der Waals surface area contributed by atoms with Crippen LogP contribution in [0.1, 0.15) is 17.2 Å². The molecule has 3 rings (SSSR count). The summed E-state index contributed by atoms with van der Waals surface area (Å²) in [6, 6.07) is 11.4. The lowest BCUT2D eigenvalue weighted by Crippen LogP contribution is -2.22. The van der Waals surface area contributed by atoms with Gasteiger partial charge in [-0.2, -0.15) is 0 Å². The Balaban J connectivity index is 1.78. The van der Waals surface area contributed by atoms with Crippen molar-refractivity contribution in [1.29, 1.82) is 0 Å². The van der Waals surface area contributed by atoms with Crippen molar-refractivity contribution in [2.75, 3.05) is 4.72 Å². The standard InChI is InChI=1S/C16H15N3O4S/c1-10-2-8-13(9-3-10)24(22,23)19-12-6-4-11(5-7-12)14-15(20)18-16(21)17-14/h2-9,14,19H,1H3,(H2,17,18,20,21). The van der Waals surface area contributed by atoms with Gasteiger partial charge >= 0.3 is 6.03 Å². The number of hydrogen-bond acceptors (Lipinski definition) is 4. The number of imide groups is 1. The van der Waals surface area contributed by atoms with Crippen molar-refractivity contribution in [3.8, 4) is 0 Å². The Bertz CT molecular complexity index is 890. The summed E-state index contributed by atoms with van der Waals surface area (Å²) in [6.07, 6.45) is 0. The van der Waals surface area contributed by atoms with Gasteiger partial charge in [0.05, 0.1) is 4.90 Å². The van der Waals surface area contributed by atoms with Crippen molar-refractivity contribution in [2.24, 2.45) is 0 Å². The molecule has 0 aliphatic carbocycles. The number of urea groups is 1. The Morgan fingerprint density at radius 2 is 1.58 bits per heavy atom. The summed E-state index contributed by atoms with van der Waals surface area (Å²) in [6.45, 7) is 1.88. The molecule has 1 fully saturated rings. The molecule has 0 bridgehead atoms. The number of nitrogens with one attached hydrogen (secondary N) is 3. The molecule has 1 heterocycles. The van der Waals surface area contributed by atoms with Gasteiger partial charge in [-0.25, -0.2) is 13.2 Å². The van der Waals surface area contributed by atoms with Gasteiger partial charge in [-0.15, -0.1) is 0 Å². The summed E-state index contributed by atoms with van der Waals surface area (Å²) in [7, 11) is -3.68. The normalized spacial score (nSPS) is 17.3. The van der Waals surface area contributed by atoms with Gasteiger partial charge in [-0.3, -0.25) is 14.8 Å². The third kappa shape index (κ3) is 3.23. The molecule has 0 spiro atoms. The van der Waals surface area contributed by atoms with Gasteiger partial charge in [-0.05, 0) is 36.8 Å². The summed E-state index contributed by atoms with van der Waals surface area (Å²) in [5, 5.41) is 4.62. The van der Waals surface area contributed by atoms with Gasteiger partial charge in [0.25, 0.3) is 15.9 Å². The number of anilines is 1. The Morgan fingerprint density at radius 1 is 0.958 bits per heavy atom. The Hall–Kier alpha value is -2.87. The third-order valence-electron chi connectivity index (χ3n) is 3.60.